The number of amides is 1. The number of carbonyl (C=O) groups excluding carboxylic acids is 2. The van der Waals surface area contributed by atoms with Crippen molar-refractivity contribution in [1.82, 2.24) is 0 Å². The minimum absolute atomic E-state index is 0.0306. The molecule has 0 saturated carbocycles. The zero-order chi connectivity index (χ0) is 11.4. The number of primary amides is 1. The summed E-state index contributed by atoms with van der Waals surface area (Å²) in [6.45, 7) is 2.65. The zero-order valence-electron chi connectivity index (χ0n) is 8.49. The van der Waals surface area contributed by atoms with Crippen molar-refractivity contribution in [2.45, 2.75) is 32.3 Å². The van der Waals surface area contributed by atoms with Crippen molar-refractivity contribution in [1.29, 1.82) is 0 Å². The molecule has 0 spiro atoms. The van der Waals surface area contributed by atoms with Crippen molar-refractivity contribution in [3.8, 4) is 0 Å². The number of rotatable bonds is 6. The van der Waals surface area contributed by atoms with Gasteiger partial charge in [0.15, 0.2) is 5.60 Å². The number of carbonyl (C=O) groups is 2. The molecule has 0 heterocycles. The van der Waals surface area contributed by atoms with Crippen LogP contribution in [-0.2, 0) is 9.59 Å². The lowest BCUT2D eigenvalue weighted by Gasteiger charge is -2.38. The van der Waals surface area contributed by atoms with Gasteiger partial charge in [0, 0.05) is 11.8 Å². The molecule has 0 fully saturated rings. The third kappa shape index (κ3) is 2.30. The highest BCUT2D eigenvalue weighted by atomic mass is 16.3. The minimum atomic E-state index is -1.84. The third-order valence-electron chi connectivity index (χ3n) is 2.55. The maximum Gasteiger partial charge on any atom is 0.250 e. The van der Waals surface area contributed by atoms with Crippen molar-refractivity contribution >= 4 is 12.2 Å². The minimum Gasteiger partial charge on any atom is -0.396 e. The van der Waals surface area contributed by atoms with Gasteiger partial charge in [0.2, 0.25) is 5.91 Å². The van der Waals surface area contributed by atoms with Gasteiger partial charge in [-0.25, -0.2) is 0 Å². The molecule has 0 rings (SSSR count). The van der Waals surface area contributed by atoms with Crippen LogP contribution >= 0.6 is 0 Å². The van der Waals surface area contributed by atoms with Crippen LogP contribution in [0.4, 0.5) is 0 Å². The average molecular weight is 203 g/mol. The molecular weight excluding hydrogens is 186 g/mol. The molecule has 5 nitrogen and oxygen atoms in total. The molecule has 4 N–H and O–H groups in total. The van der Waals surface area contributed by atoms with E-state index in [9.17, 15) is 14.7 Å². The summed E-state index contributed by atoms with van der Waals surface area (Å²) in [5, 5.41) is 19.0. The molecule has 1 atom stereocenters. The van der Waals surface area contributed by atoms with Gasteiger partial charge in [-0.15, -0.1) is 0 Å². The van der Waals surface area contributed by atoms with E-state index >= 15 is 0 Å². The van der Waals surface area contributed by atoms with E-state index in [4.69, 9.17) is 10.8 Å². The van der Waals surface area contributed by atoms with Crippen LogP contribution in [0.25, 0.3) is 0 Å². The van der Waals surface area contributed by atoms with Gasteiger partial charge in [-0.3, -0.25) is 4.79 Å². The Morgan fingerprint density at radius 2 is 2.00 bits per heavy atom. The molecule has 0 aromatic rings. The molecule has 0 aromatic heterocycles. The molecule has 1 amide bonds. The summed E-state index contributed by atoms with van der Waals surface area (Å²) in [5.74, 6) is -0.918. The fraction of sp³-hybridized carbons (Fsp3) is 0.778. The number of hydrogen-bond donors (Lipinski definition) is 3. The number of hydrogen-bond acceptors (Lipinski definition) is 4. The Morgan fingerprint density at radius 3 is 2.29 bits per heavy atom. The summed E-state index contributed by atoms with van der Waals surface area (Å²) in [6, 6.07) is 0. The Bertz CT molecular complexity index is 227. The molecule has 0 aliphatic rings. The summed E-state index contributed by atoms with van der Waals surface area (Å²) >= 11 is 0. The van der Waals surface area contributed by atoms with Crippen LogP contribution in [0.15, 0.2) is 0 Å². The summed E-state index contributed by atoms with van der Waals surface area (Å²) in [4.78, 5) is 21.2. The van der Waals surface area contributed by atoms with Crippen LogP contribution in [0.1, 0.15) is 26.7 Å². The highest BCUT2D eigenvalue weighted by Gasteiger charge is 2.47. The second-order valence-electron chi connectivity index (χ2n) is 3.97. The molecule has 0 aromatic carbocycles. The van der Waals surface area contributed by atoms with Crippen LogP contribution in [0, 0.1) is 5.41 Å². The largest absolute Gasteiger partial charge is 0.396 e. The van der Waals surface area contributed by atoms with Gasteiger partial charge in [0.1, 0.15) is 6.29 Å². The van der Waals surface area contributed by atoms with E-state index in [1.165, 1.54) is 13.8 Å². The Balaban J connectivity index is 4.88. The topological polar surface area (TPSA) is 101 Å². The maximum atomic E-state index is 11.1. The zero-order valence-corrected chi connectivity index (χ0v) is 8.49. The summed E-state index contributed by atoms with van der Waals surface area (Å²) in [5.41, 5.74) is 2.16. The number of aliphatic hydroxyl groups is 2. The first-order valence-electron chi connectivity index (χ1n) is 4.38. The van der Waals surface area contributed by atoms with E-state index in [1.54, 1.807) is 0 Å². The summed E-state index contributed by atoms with van der Waals surface area (Å²) in [7, 11) is 0. The molecule has 14 heavy (non-hydrogen) atoms. The number of nitrogens with two attached hydrogens (primary N) is 1. The predicted octanol–water partition coefficient (Wildman–Crippen LogP) is -0.800. The van der Waals surface area contributed by atoms with Crippen LogP contribution < -0.4 is 5.73 Å². The van der Waals surface area contributed by atoms with Crippen molar-refractivity contribution in [3.05, 3.63) is 0 Å². The Morgan fingerprint density at radius 1 is 1.50 bits per heavy atom. The molecule has 0 aliphatic heterocycles. The SMILES string of the molecule is CC(C)(CO)C(O)(CCC=O)C(N)=O. The van der Waals surface area contributed by atoms with E-state index in [0.717, 1.165) is 0 Å². The Kier molecular flexibility index (Phi) is 4.22. The molecule has 1 unspecified atom stereocenters. The molecule has 0 radical (unpaired) electrons. The van der Waals surface area contributed by atoms with E-state index in [-0.39, 0.29) is 19.4 Å². The summed E-state index contributed by atoms with van der Waals surface area (Å²) < 4.78 is 0. The lowest BCUT2D eigenvalue weighted by molar-refractivity contribution is -0.156. The van der Waals surface area contributed by atoms with Gasteiger partial charge < -0.3 is 20.7 Å². The first-order valence-corrected chi connectivity index (χ1v) is 4.38. The second kappa shape index (κ2) is 4.52. The van der Waals surface area contributed by atoms with Crippen molar-refractivity contribution in [2.24, 2.45) is 11.1 Å². The van der Waals surface area contributed by atoms with Crippen LogP contribution in [0.2, 0.25) is 0 Å². The van der Waals surface area contributed by atoms with Gasteiger partial charge in [-0.2, -0.15) is 0 Å². The molecule has 5 heteroatoms. The van der Waals surface area contributed by atoms with E-state index in [0.29, 0.717) is 6.29 Å². The number of aldehydes is 1. The Labute approximate surface area is 82.9 Å². The quantitative estimate of drug-likeness (QED) is 0.492. The van der Waals surface area contributed by atoms with Gasteiger partial charge in [-0.05, 0) is 6.42 Å². The Hall–Kier alpha value is -0.940. The molecule has 82 valence electrons. The van der Waals surface area contributed by atoms with Crippen molar-refractivity contribution < 1.29 is 19.8 Å². The fourth-order valence-electron chi connectivity index (χ4n) is 1.19. The lowest BCUT2D eigenvalue weighted by Crippen LogP contribution is -2.56. The summed E-state index contributed by atoms with van der Waals surface area (Å²) in [6.07, 6.45) is 0.559. The first-order chi connectivity index (χ1) is 6.31. The molecule has 0 aliphatic carbocycles. The third-order valence-corrected chi connectivity index (χ3v) is 2.55. The van der Waals surface area contributed by atoms with Gasteiger partial charge in [0.25, 0.3) is 0 Å². The molecule has 0 bridgehead atoms. The van der Waals surface area contributed by atoms with Gasteiger partial charge >= 0.3 is 0 Å². The van der Waals surface area contributed by atoms with Crippen molar-refractivity contribution in [2.75, 3.05) is 6.61 Å². The monoisotopic (exact) mass is 203 g/mol. The van der Waals surface area contributed by atoms with E-state index in [1.807, 2.05) is 0 Å². The average Bonchev–Trinajstić information content (AvgIpc) is 2.13. The highest BCUT2D eigenvalue weighted by Crippen LogP contribution is 2.33. The molecular formula is C9H17NO4. The van der Waals surface area contributed by atoms with Gasteiger partial charge in [0.05, 0.1) is 6.61 Å². The smallest absolute Gasteiger partial charge is 0.250 e. The van der Waals surface area contributed by atoms with Crippen molar-refractivity contribution in [3.63, 3.8) is 0 Å². The van der Waals surface area contributed by atoms with Crippen LogP contribution in [0.5, 0.6) is 0 Å². The first kappa shape index (κ1) is 13.1. The number of aliphatic hydroxyl groups excluding tert-OH is 1. The van der Waals surface area contributed by atoms with E-state index in [2.05, 4.69) is 0 Å². The maximum absolute atomic E-state index is 11.1. The fourth-order valence-corrected chi connectivity index (χ4v) is 1.19. The normalized spacial score (nSPS) is 16.0. The van der Waals surface area contributed by atoms with Crippen LogP contribution in [0.3, 0.4) is 0 Å². The second-order valence-corrected chi connectivity index (χ2v) is 3.97. The highest BCUT2D eigenvalue weighted by molar-refractivity contribution is 5.84. The van der Waals surface area contributed by atoms with Crippen LogP contribution in [-0.4, -0.2) is 34.6 Å². The predicted molar refractivity (Wildman–Crippen MR) is 50.3 cm³/mol. The van der Waals surface area contributed by atoms with Gasteiger partial charge in [-0.1, -0.05) is 13.8 Å². The standard InChI is InChI=1S/C9H17NO4/c1-8(2,6-12)9(14,7(10)13)4-3-5-11/h5,12,14H,3-4,6H2,1-2H3,(H2,10,13). The lowest BCUT2D eigenvalue weighted by atomic mass is 9.72. The van der Waals surface area contributed by atoms with E-state index < -0.39 is 16.9 Å². The molecule has 0 saturated heterocycles.